The van der Waals surface area contributed by atoms with Crippen LogP contribution in [0.2, 0.25) is 0 Å². The Morgan fingerprint density at radius 2 is 1.58 bits per heavy atom. The molecular formula is C26H25F2N3O2. The van der Waals surface area contributed by atoms with Crippen LogP contribution in [-0.2, 0) is 0 Å². The summed E-state index contributed by atoms with van der Waals surface area (Å²) in [5, 5.41) is 5.92. The zero-order valence-electron chi connectivity index (χ0n) is 18.7. The van der Waals surface area contributed by atoms with Gasteiger partial charge in [-0.3, -0.25) is 9.59 Å². The van der Waals surface area contributed by atoms with Gasteiger partial charge in [-0.15, -0.1) is 0 Å². The lowest BCUT2D eigenvalue weighted by atomic mass is 10.0. The molecule has 3 aromatic carbocycles. The van der Waals surface area contributed by atoms with Crippen molar-refractivity contribution in [3.63, 3.8) is 0 Å². The number of nitrogens with one attached hydrogen (secondary N) is 2. The highest BCUT2D eigenvalue weighted by Gasteiger charge is 2.36. The van der Waals surface area contributed by atoms with Gasteiger partial charge in [0.05, 0.1) is 0 Å². The van der Waals surface area contributed by atoms with Crippen molar-refractivity contribution in [2.24, 2.45) is 0 Å². The molecule has 1 atom stereocenters. The number of carbonyl (C=O) groups is 2. The van der Waals surface area contributed by atoms with Gasteiger partial charge in [0.25, 0.3) is 11.8 Å². The third-order valence-corrected chi connectivity index (χ3v) is 5.78. The molecule has 5 nitrogen and oxygen atoms in total. The van der Waals surface area contributed by atoms with Gasteiger partial charge in [-0.05, 0) is 67.8 Å². The number of rotatable bonds is 6. The number of hydrogen-bond donors (Lipinski definition) is 2. The molecule has 0 aliphatic carbocycles. The maximum Gasteiger partial charge on any atom is 0.256 e. The van der Waals surface area contributed by atoms with E-state index in [4.69, 9.17) is 0 Å². The molecular weight excluding hydrogens is 424 g/mol. The quantitative estimate of drug-likeness (QED) is 0.499. The van der Waals surface area contributed by atoms with E-state index in [1.165, 1.54) is 12.1 Å². The molecule has 2 amide bonds. The van der Waals surface area contributed by atoms with E-state index in [0.717, 1.165) is 6.42 Å². The molecule has 0 spiro atoms. The SMILES string of the molecule is CCCN1C(=O)c2cc(C(=O)Nc3ccc(C)c(F)c3)ccc2[C@@H]1Nc1ccc(C)c(F)c1. The molecule has 170 valence electrons. The first-order valence-electron chi connectivity index (χ1n) is 10.8. The number of benzene rings is 3. The fourth-order valence-corrected chi connectivity index (χ4v) is 3.90. The van der Waals surface area contributed by atoms with E-state index in [0.29, 0.717) is 45.7 Å². The molecule has 33 heavy (non-hydrogen) atoms. The van der Waals surface area contributed by atoms with Gasteiger partial charge >= 0.3 is 0 Å². The predicted molar refractivity (Wildman–Crippen MR) is 124 cm³/mol. The number of halogens is 2. The van der Waals surface area contributed by atoms with Gasteiger partial charge in [-0.25, -0.2) is 8.78 Å². The van der Waals surface area contributed by atoms with Gasteiger partial charge in [0.2, 0.25) is 0 Å². The fraction of sp³-hybridized carbons (Fsp3) is 0.231. The molecule has 1 aliphatic heterocycles. The molecule has 0 saturated heterocycles. The summed E-state index contributed by atoms with van der Waals surface area (Å²) in [6.07, 6.45) is 0.268. The van der Waals surface area contributed by atoms with Crippen LogP contribution in [0.15, 0.2) is 54.6 Å². The van der Waals surface area contributed by atoms with Gasteiger partial charge in [-0.2, -0.15) is 0 Å². The van der Waals surface area contributed by atoms with E-state index in [9.17, 15) is 18.4 Å². The lowest BCUT2D eigenvalue weighted by Gasteiger charge is -2.26. The van der Waals surface area contributed by atoms with Crippen LogP contribution < -0.4 is 10.6 Å². The number of amides is 2. The Kier molecular flexibility index (Phi) is 6.14. The number of carbonyl (C=O) groups excluding carboxylic acids is 2. The molecule has 2 N–H and O–H groups in total. The van der Waals surface area contributed by atoms with Crippen LogP contribution in [0.25, 0.3) is 0 Å². The van der Waals surface area contributed by atoms with Crippen LogP contribution in [0.3, 0.4) is 0 Å². The van der Waals surface area contributed by atoms with Gasteiger partial charge in [0.1, 0.15) is 17.8 Å². The molecule has 0 saturated carbocycles. The van der Waals surface area contributed by atoms with Gasteiger partial charge in [0, 0.05) is 34.6 Å². The van der Waals surface area contributed by atoms with E-state index in [1.807, 2.05) is 6.92 Å². The number of nitrogens with zero attached hydrogens (tertiary/aromatic N) is 1. The second-order valence-corrected chi connectivity index (χ2v) is 8.23. The highest BCUT2D eigenvalue weighted by Crippen LogP contribution is 2.35. The summed E-state index contributed by atoms with van der Waals surface area (Å²) in [6.45, 7) is 5.81. The zero-order chi connectivity index (χ0) is 23.7. The summed E-state index contributed by atoms with van der Waals surface area (Å²) in [4.78, 5) is 27.6. The summed E-state index contributed by atoms with van der Waals surface area (Å²) < 4.78 is 27.9. The maximum absolute atomic E-state index is 14.1. The average molecular weight is 450 g/mol. The molecule has 4 rings (SSSR count). The molecule has 0 aromatic heterocycles. The Balaban J connectivity index is 1.62. The van der Waals surface area contributed by atoms with Crippen molar-refractivity contribution in [1.29, 1.82) is 0 Å². The molecule has 0 fully saturated rings. The Labute approximate surface area is 191 Å². The summed E-state index contributed by atoms with van der Waals surface area (Å²) in [7, 11) is 0. The Morgan fingerprint density at radius 1 is 0.939 bits per heavy atom. The minimum Gasteiger partial charge on any atom is -0.361 e. The molecule has 1 heterocycles. The molecule has 0 bridgehead atoms. The lowest BCUT2D eigenvalue weighted by Crippen LogP contribution is -2.33. The second-order valence-electron chi connectivity index (χ2n) is 8.23. The Morgan fingerprint density at radius 3 is 2.21 bits per heavy atom. The largest absolute Gasteiger partial charge is 0.361 e. The van der Waals surface area contributed by atoms with Crippen LogP contribution in [0.1, 0.15) is 56.9 Å². The standard InChI is InChI=1S/C26H25F2N3O2/c1-4-11-31-24(29-18-8-5-15(2)22(27)13-18)20-10-7-17(12-21(20)26(31)33)25(32)30-19-9-6-16(3)23(28)14-19/h5-10,12-14,24,29H,4,11H2,1-3H3,(H,30,32)/t24-/m1/s1. The lowest BCUT2D eigenvalue weighted by molar-refractivity contribution is 0.0743. The minimum absolute atomic E-state index is 0.201. The highest BCUT2D eigenvalue weighted by molar-refractivity contribution is 6.07. The van der Waals surface area contributed by atoms with Gasteiger partial charge < -0.3 is 15.5 Å². The van der Waals surface area contributed by atoms with Crippen molar-refractivity contribution in [2.75, 3.05) is 17.2 Å². The topological polar surface area (TPSA) is 61.4 Å². The zero-order valence-corrected chi connectivity index (χ0v) is 18.7. The van der Waals surface area contributed by atoms with E-state index >= 15 is 0 Å². The average Bonchev–Trinajstić information content (AvgIpc) is 3.04. The van der Waals surface area contributed by atoms with E-state index in [-0.39, 0.29) is 11.7 Å². The van der Waals surface area contributed by atoms with Gasteiger partial charge in [-0.1, -0.05) is 25.1 Å². The van der Waals surface area contributed by atoms with Crippen molar-refractivity contribution in [1.82, 2.24) is 4.90 Å². The Hall–Kier alpha value is -3.74. The molecule has 3 aromatic rings. The van der Waals surface area contributed by atoms with Crippen molar-refractivity contribution >= 4 is 23.2 Å². The van der Waals surface area contributed by atoms with Crippen LogP contribution in [0.5, 0.6) is 0 Å². The minimum atomic E-state index is -0.474. The molecule has 1 aliphatic rings. The smallest absolute Gasteiger partial charge is 0.256 e. The van der Waals surface area contributed by atoms with E-state index in [1.54, 1.807) is 61.2 Å². The van der Waals surface area contributed by atoms with Crippen molar-refractivity contribution in [3.05, 3.63) is 94.0 Å². The normalized spacial score (nSPS) is 14.9. The number of fused-ring (bicyclic) bond motifs is 1. The summed E-state index contributed by atoms with van der Waals surface area (Å²) >= 11 is 0. The summed E-state index contributed by atoms with van der Waals surface area (Å²) in [6, 6.07) is 14.2. The van der Waals surface area contributed by atoms with Crippen LogP contribution >= 0.6 is 0 Å². The summed E-state index contributed by atoms with van der Waals surface area (Å²) in [5.74, 6) is -1.37. The Bertz CT molecular complexity index is 1240. The monoisotopic (exact) mass is 449 g/mol. The molecule has 7 heteroatoms. The van der Waals surface area contributed by atoms with E-state index < -0.39 is 17.9 Å². The van der Waals surface area contributed by atoms with Gasteiger partial charge in [0.15, 0.2) is 0 Å². The highest BCUT2D eigenvalue weighted by atomic mass is 19.1. The van der Waals surface area contributed by atoms with E-state index in [2.05, 4.69) is 10.6 Å². The number of hydrogen-bond acceptors (Lipinski definition) is 3. The number of anilines is 2. The van der Waals surface area contributed by atoms with Crippen LogP contribution in [0.4, 0.5) is 20.2 Å². The second kappa shape index (κ2) is 9.02. The molecule has 0 radical (unpaired) electrons. The first-order valence-corrected chi connectivity index (χ1v) is 10.8. The third kappa shape index (κ3) is 4.44. The number of aryl methyl sites for hydroxylation is 2. The van der Waals surface area contributed by atoms with Crippen molar-refractivity contribution in [2.45, 2.75) is 33.4 Å². The molecule has 0 unspecified atom stereocenters. The predicted octanol–water partition coefficient (Wildman–Crippen LogP) is 5.81. The van der Waals surface area contributed by atoms with Crippen molar-refractivity contribution in [3.8, 4) is 0 Å². The summed E-state index contributed by atoms with van der Waals surface area (Å²) in [5.41, 5.74) is 3.35. The maximum atomic E-state index is 14.1. The van der Waals surface area contributed by atoms with Crippen LogP contribution in [0, 0.1) is 25.5 Å². The van der Waals surface area contributed by atoms with Crippen molar-refractivity contribution < 1.29 is 18.4 Å². The first-order chi connectivity index (χ1) is 15.8. The third-order valence-electron chi connectivity index (χ3n) is 5.78. The first kappa shape index (κ1) is 22.5. The fourth-order valence-electron chi connectivity index (χ4n) is 3.90. The van der Waals surface area contributed by atoms with Crippen LogP contribution in [-0.4, -0.2) is 23.3 Å².